The molecule has 1 aromatic carbocycles. The summed E-state index contributed by atoms with van der Waals surface area (Å²) in [7, 11) is -3.93. The van der Waals surface area contributed by atoms with Crippen LogP contribution in [-0.2, 0) is 14.8 Å². The number of aromatic nitrogens is 3. The van der Waals surface area contributed by atoms with Crippen molar-refractivity contribution in [1.82, 2.24) is 24.6 Å². The van der Waals surface area contributed by atoms with Crippen molar-refractivity contribution in [3.63, 3.8) is 0 Å². The number of likely N-dealkylation sites (tertiary alicyclic amines) is 1. The Bertz CT molecular complexity index is 825. The molecule has 1 aromatic heterocycles. The molecule has 128 valence electrons. The average molecular weight is 353 g/mol. The molecule has 1 unspecified atom stereocenters. The summed E-state index contributed by atoms with van der Waals surface area (Å²) in [5, 5.41) is 7.64. The Balaban J connectivity index is 1.58. The number of halogens is 1. The molecule has 0 radical (unpaired) electrons. The van der Waals surface area contributed by atoms with Crippen molar-refractivity contribution in [2.24, 2.45) is 0 Å². The molecule has 8 nitrogen and oxygen atoms in total. The van der Waals surface area contributed by atoms with Gasteiger partial charge in [-0.15, -0.1) is 5.10 Å². The summed E-state index contributed by atoms with van der Waals surface area (Å²) in [6.45, 7) is 0.595. The van der Waals surface area contributed by atoms with Gasteiger partial charge in [0.25, 0.3) is 0 Å². The third-order valence-electron chi connectivity index (χ3n) is 3.85. The van der Waals surface area contributed by atoms with Crippen molar-refractivity contribution in [2.75, 3.05) is 19.6 Å². The number of rotatable bonds is 5. The van der Waals surface area contributed by atoms with Gasteiger partial charge in [0.2, 0.25) is 15.9 Å². The molecule has 10 heteroatoms. The van der Waals surface area contributed by atoms with Crippen molar-refractivity contribution in [2.45, 2.75) is 17.4 Å². The Morgan fingerprint density at radius 3 is 2.96 bits per heavy atom. The van der Waals surface area contributed by atoms with Crippen LogP contribution >= 0.6 is 0 Å². The van der Waals surface area contributed by atoms with Crippen LogP contribution in [-0.4, -0.2) is 53.9 Å². The second-order valence-corrected chi connectivity index (χ2v) is 7.21. The smallest absolute Gasteiger partial charge is 0.241 e. The lowest BCUT2D eigenvalue weighted by Crippen LogP contribution is -2.39. The van der Waals surface area contributed by atoms with Gasteiger partial charge in [-0.25, -0.2) is 22.2 Å². The van der Waals surface area contributed by atoms with E-state index in [0.29, 0.717) is 13.1 Å². The fourth-order valence-corrected chi connectivity index (χ4v) is 3.59. The number of hydrogen-bond acceptors (Lipinski definition) is 5. The van der Waals surface area contributed by atoms with Crippen molar-refractivity contribution < 1.29 is 17.6 Å². The highest BCUT2D eigenvalue weighted by Gasteiger charge is 2.28. The Kier molecular flexibility index (Phi) is 4.58. The topological polar surface area (TPSA) is 97.2 Å². The van der Waals surface area contributed by atoms with Gasteiger partial charge in [-0.2, -0.15) is 0 Å². The molecule has 0 spiro atoms. The number of nitrogens with zero attached hydrogens (tertiary/aromatic N) is 4. The predicted molar refractivity (Wildman–Crippen MR) is 81.8 cm³/mol. The van der Waals surface area contributed by atoms with E-state index in [2.05, 4.69) is 15.0 Å². The zero-order valence-corrected chi connectivity index (χ0v) is 13.5. The fourth-order valence-electron chi connectivity index (χ4n) is 2.58. The standard InChI is InChI=1S/C14H16FN5O3S/c15-11-2-1-3-13(8-11)24(22,23)17-9-14(21)19-6-4-12(10-19)20-7-5-16-18-20/h1-3,5,7-8,12,17H,4,6,9-10H2. The molecule has 2 aromatic rings. The van der Waals surface area contributed by atoms with Crippen molar-refractivity contribution in [3.8, 4) is 0 Å². The highest BCUT2D eigenvalue weighted by atomic mass is 32.2. The maximum absolute atomic E-state index is 13.1. The van der Waals surface area contributed by atoms with Gasteiger partial charge in [-0.05, 0) is 24.6 Å². The summed E-state index contributed by atoms with van der Waals surface area (Å²) in [5.41, 5.74) is 0. The molecule has 24 heavy (non-hydrogen) atoms. The molecule has 1 fully saturated rings. The summed E-state index contributed by atoms with van der Waals surface area (Å²) in [6.07, 6.45) is 4.02. The van der Waals surface area contributed by atoms with Crippen molar-refractivity contribution in [3.05, 3.63) is 42.5 Å². The average Bonchev–Trinajstić information content (AvgIpc) is 3.23. The Morgan fingerprint density at radius 2 is 2.25 bits per heavy atom. The third kappa shape index (κ3) is 3.60. The van der Waals surface area contributed by atoms with Crippen LogP contribution < -0.4 is 4.72 Å². The van der Waals surface area contributed by atoms with Gasteiger partial charge in [0.05, 0.1) is 23.7 Å². The molecule has 0 saturated carbocycles. The lowest BCUT2D eigenvalue weighted by molar-refractivity contribution is -0.129. The van der Waals surface area contributed by atoms with E-state index in [-0.39, 0.29) is 23.4 Å². The zero-order valence-electron chi connectivity index (χ0n) is 12.7. The minimum Gasteiger partial charge on any atom is -0.339 e. The number of amides is 1. The monoisotopic (exact) mass is 353 g/mol. The number of benzene rings is 1. The van der Waals surface area contributed by atoms with Crippen LogP contribution in [0.25, 0.3) is 0 Å². The Morgan fingerprint density at radius 1 is 1.42 bits per heavy atom. The van der Waals surface area contributed by atoms with Crippen LogP contribution in [0.3, 0.4) is 0 Å². The SMILES string of the molecule is O=C(CNS(=O)(=O)c1cccc(F)c1)N1CCC(n2ccnn2)C1. The van der Waals surface area contributed by atoms with E-state index in [1.54, 1.807) is 22.0 Å². The van der Waals surface area contributed by atoms with Gasteiger partial charge in [-0.1, -0.05) is 11.3 Å². The first-order valence-electron chi connectivity index (χ1n) is 7.34. The van der Waals surface area contributed by atoms with Gasteiger partial charge in [-0.3, -0.25) is 4.79 Å². The number of nitrogens with one attached hydrogen (secondary N) is 1. The van der Waals surface area contributed by atoms with Crippen LogP contribution in [0.1, 0.15) is 12.5 Å². The number of sulfonamides is 1. The normalized spacial score (nSPS) is 18.0. The molecule has 2 heterocycles. The van der Waals surface area contributed by atoms with Crippen molar-refractivity contribution in [1.29, 1.82) is 0 Å². The first kappa shape index (κ1) is 16.5. The Hall–Kier alpha value is -2.33. The minimum atomic E-state index is -3.93. The highest BCUT2D eigenvalue weighted by molar-refractivity contribution is 7.89. The van der Waals surface area contributed by atoms with Crippen LogP contribution in [0.4, 0.5) is 4.39 Å². The first-order valence-corrected chi connectivity index (χ1v) is 8.83. The van der Waals surface area contributed by atoms with E-state index in [4.69, 9.17) is 0 Å². The zero-order chi connectivity index (χ0) is 17.2. The lowest BCUT2D eigenvalue weighted by Gasteiger charge is -2.17. The number of hydrogen-bond donors (Lipinski definition) is 1. The largest absolute Gasteiger partial charge is 0.339 e. The number of carbonyl (C=O) groups is 1. The maximum Gasteiger partial charge on any atom is 0.241 e. The quantitative estimate of drug-likeness (QED) is 0.826. The van der Waals surface area contributed by atoms with Gasteiger partial charge >= 0.3 is 0 Å². The molecular formula is C14H16FN5O3S. The van der Waals surface area contributed by atoms with E-state index >= 15 is 0 Å². The van der Waals surface area contributed by atoms with Crippen LogP contribution in [0.2, 0.25) is 0 Å². The molecule has 1 aliphatic rings. The molecular weight excluding hydrogens is 337 g/mol. The van der Waals surface area contributed by atoms with E-state index < -0.39 is 15.8 Å². The third-order valence-corrected chi connectivity index (χ3v) is 5.25. The molecule has 1 aliphatic heterocycles. The summed E-state index contributed by atoms with van der Waals surface area (Å²) in [6, 6.07) is 4.67. The second-order valence-electron chi connectivity index (χ2n) is 5.45. The maximum atomic E-state index is 13.1. The molecule has 1 atom stereocenters. The van der Waals surface area contributed by atoms with Gasteiger partial charge in [0, 0.05) is 19.3 Å². The summed E-state index contributed by atoms with van der Waals surface area (Å²) in [4.78, 5) is 13.5. The first-order chi connectivity index (χ1) is 11.5. The summed E-state index contributed by atoms with van der Waals surface area (Å²) in [5.74, 6) is -0.989. The second kappa shape index (κ2) is 6.65. The van der Waals surface area contributed by atoms with Gasteiger partial charge in [0.1, 0.15) is 5.82 Å². The molecule has 1 amide bonds. The highest BCUT2D eigenvalue weighted by Crippen LogP contribution is 2.20. The summed E-state index contributed by atoms with van der Waals surface area (Å²) >= 11 is 0. The molecule has 3 rings (SSSR count). The van der Waals surface area contributed by atoms with E-state index in [0.717, 1.165) is 18.6 Å². The van der Waals surface area contributed by atoms with E-state index in [1.807, 2.05) is 0 Å². The lowest BCUT2D eigenvalue weighted by atomic mass is 10.3. The van der Waals surface area contributed by atoms with Crippen molar-refractivity contribution >= 4 is 15.9 Å². The predicted octanol–water partition coefficient (Wildman–Crippen LogP) is 0.169. The minimum absolute atomic E-state index is 0.0382. The van der Waals surface area contributed by atoms with Crippen LogP contribution in [0.5, 0.6) is 0 Å². The summed E-state index contributed by atoms with van der Waals surface area (Å²) < 4.78 is 41.2. The number of carbonyl (C=O) groups excluding carboxylic acids is 1. The van der Waals surface area contributed by atoms with Crippen LogP contribution in [0, 0.1) is 5.82 Å². The fraction of sp³-hybridized carbons (Fsp3) is 0.357. The van der Waals surface area contributed by atoms with Crippen LogP contribution in [0.15, 0.2) is 41.6 Å². The molecule has 1 N–H and O–H groups in total. The molecule has 0 bridgehead atoms. The van der Waals surface area contributed by atoms with Gasteiger partial charge < -0.3 is 4.90 Å². The molecule has 1 saturated heterocycles. The van der Waals surface area contributed by atoms with E-state index in [1.165, 1.54) is 12.1 Å². The molecule has 0 aliphatic carbocycles. The van der Waals surface area contributed by atoms with E-state index in [9.17, 15) is 17.6 Å². The van der Waals surface area contributed by atoms with Gasteiger partial charge in [0.15, 0.2) is 0 Å². The Labute approximate surface area is 138 Å².